The third-order valence-corrected chi connectivity index (χ3v) is 3.13. The van der Waals surface area contributed by atoms with Crippen LogP contribution >= 0.6 is 12.6 Å². The molecule has 1 rings (SSSR count). The van der Waals surface area contributed by atoms with Crippen LogP contribution in [-0.2, 0) is 9.59 Å². The first kappa shape index (κ1) is 12.9. The van der Waals surface area contributed by atoms with Crippen LogP contribution in [0.2, 0.25) is 0 Å². The maximum Gasteiger partial charge on any atom is 0.306 e. The van der Waals surface area contributed by atoms with Crippen LogP contribution in [0.25, 0.3) is 0 Å². The summed E-state index contributed by atoms with van der Waals surface area (Å²) in [6, 6.07) is 0. The normalized spacial score (nSPS) is 26.2. The number of thiol groups is 1. The predicted molar refractivity (Wildman–Crippen MR) is 62.5 cm³/mol. The number of nitrogens with two attached hydrogens (primary N) is 1. The first-order chi connectivity index (χ1) is 7.54. The monoisotopic (exact) mass is 244 g/mol. The van der Waals surface area contributed by atoms with Crippen molar-refractivity contribution in [3.63, 3.8) is 0 Å². The van der Waals surface area contributed by atoms with Crippen molar-refractivity contribution in [2.45, 2.75) is 25.7 Å². The quantitative estimate of drug-likeness (QED) is 0.549. The summed E-state index contributed by atoms with van der Waals surface area (Å²) in [6.07, 6.45) is 2.31. The van der Waals surface area contributed by atoms with Crippen molar-refractivity contribution < 1.29 is 14.7 Å². The van der Waals surface area contributed by atoms with Crippen LogP contribution in [0.5, 0.6) is 0 Å². The van der Waals surface area contributed by atoms with Gasteiger partial charge in [-0.3, -0.25) is 9.59 Å². The zero-order chi connectivity index (χ0) is 12.1. The van der Waals surface area contributed by atoms with Gasteiger partial charge in [-0.15, -0.1) is 12.6 Å². The number of aliphatic carboxylic acids is 1. The van der Waals surface area contributed by atoms with Gasteiger partial charge in [0.25, 0.3) is 0 Å². The molecule has 0 aromatic rings. The van der Waals surface area contributed by atoms with E-state index in [4.69, 9.17) is 10.8 Å². The van der Waals surface area contributed by atoms with E-state index >= 15 is 0 Å². The van der Waals surface area contributed by atoms with Gasteiger partial charge in [0.15, 0.2) is 0 Å². The molecule has 0 saturated heterocycles. The zero-order valence-electron chi connectivity index (χ0n) is 8.85. The number of carboxylic acid groups (broad SMARTS) is 1. The number of amides is 1. The molecule has 0 atom stereocenters. The maximum absolute atomic E-state index is 11.6. The summed E-state index contributed by atoms with van der Waals surface area (Å²) < 4.78 is 0. The predicted octanol–water partition coefficient (Wildman–Crippen LogP) is 0.681. The highest BCUT2D eigenvalue weighted by atomic mass is 32.1. The number of carbonyl (C=O) groups is 2. The van der Waals surface area contributed by atoms with Crippen LogP contribution < -0.4 is 11.1 Å². The first-order valence-corrected chi connectivity index (χ1v) is 5.69. The van der Waals surface area contributed by atoms with E-state index in [1.54, 1.807) is 0 Å². The molecule has 90 valence electrons. The molecule has 4 N–H and O–H groups in total. The number of hydrogen-bond donors (Lipinski definition) is 4. The van der Waals surface area contributed by atoms with E-state index in [2.05, 4.69) is 17.9 Å². The number of rotatable bonds is 3. The van der Waals surface area contributed by atoms with Gasteiger partial charge >= 0.3 is 5.97 Å². The van der Waals surface area contributed by atoms with Gasteiger partial charge in [-0.05, 0) is 25.7 Å². The van der Waals surface area contributed by atoms with Crippen LogP contribution in [0.1, 0.15) is 25.7 Å². The molecule has 0 aromatic heterocycles. The molecular formula is C10H16N2O3S. The minimum absolute atomic E-state index is 0.137. The van der Waals surface area contributed by atoms with E-state index in [-0.39, 0.29) is 23.6 Å². The van der Waals surface area contributed by atoms with E-state index in [0.29, 0.717) is 25.7 Å². The summed E-state index contributed by atoms with van der Waals surface area (Å²) in [7, 11) is 0. The Morgan fingerprint density at radius 2 is 1.75 bits per heavy atom. The molecule has 0 aliphatic heterocycles. The summed E-state index contributed by atoms with van der Waals surface area (Å²) >= 11 is 3.82. The van der Waals surface area contributed by atoms with Crippen LogP contribution in [0, 0.1) is 11.8 Å². The van der Waals surface area contributed by atoms with Crippen LogP contribution in [-0.4, -0.2) is 17.0 Å². The van der Waals surface area contributed by atoms with Crippen LogP contribution in [0.3, 0.4) is 0 Å². The van der Waals surface area contributed by atoms with Crippen molar-refractivity contribution in [2.24, 2.45) is 17.6 Å². The second-order valence-electron chi connectivity index (χ2n) is 3.96. The van der Waals surface area contributed by atoms with Gasteiger partial charge in [-0.2, -0.15) is 0 Å². The summed E-state index contributed by atoms with van der Waals surface area (Å²) in [5, 5.41) is 12.6. The van der Waals surface area contributed by atoms with Gasteiger partial charge in [0.1, 0.15) is 5.82 Å². The van der Waals surface area contributed by atoms with Crippen molar-refractivity contribution in [1.29, 1.82) is 0 Å². The van der Waals surface area contributed by atoms with Gasteiger partial charge in [0, 0.05) is 11.3 Å². The van der Waals surface area contributed by atoms with E-state index in [1.807, 2.05) is 0 Å². The molecule has 1 aliphatic rings. The van der Waals surface area contributed by atoms with Crippen LogP contribution in [0.15, 0.2) is 11.2 Å². The molecule has 0 aromatic carbocycles. The van der Waals surface area contributed by atoms with Gasteiger partial charge in [0.2, 0.25) is 5.91 Å². The minimum atomic E-state index is -0.770. The molecule has 6 heteroatoms. The molecule has 0 radical (unpaired) electrons. The van der Waals surface area contributed by atoms with E-state index < -0.39 is 5.97 Å². The maximum atomic E-state index is 11.6. The Morgan fingerprint density at radius 3 is 2.19 bits per heavy atom. The van der Waals surface area contributed by atoms with E-state index in [1.165, 1.54) is 5.41 Å². The topological polar surface area (TPSA) is 92.4 Å². The summed E-state index contributed by atoms with van der Waals surface area (Å²) in [5.41, 5.74) is 5.41. The Hall–Kier alpha value is -1.17. The summed E-state index contributed by atoms with van der Waals surface area (Å²) in [5.74, 6) is -1.14. The second kappa shape index (κ2) is 5.79. The molecule has 1 fully saturated rings. The Kier molecular flexibility index (Phi) is 4.67. The Morgan fingerprint density at radius 1 is 1.25 bits per heavy atom. The molecule has 16 heavy (non-hydrogen) atoms. The largest absolute Gasteiger partial charge is 0.481 e. The number of carboxylic acids is 1. The van der Waals surface area contributed by atoms with Gasteiger partial charge in [0.05, 0.1) is 5.92 Å². The van der Waals surface area contributed by atoms with Crippen LogP contribution in [0.4, 0.5) is 0 Å². The Labute approximate surface area is 99.5 Å². The summed E-state index contributed by atoms with van der Waals surface area (Å²) in [6.45, 7) is 0. The smallest absolute Gasteiger partial charge is 0.306 e. The highest BCUT2D eigenvalue weighted by molar-refractivity contribution is 7.83. The highest BCUT2D eigenvalue weighted by Gasteiger charge is 2.29. The van der Waals surface area contributed by atoms with Gasteiger partial charge in [-0.1, -0.05) is 0 Å². The van der Waals surface area contributed by atoms with E-state index in [0.717, 1.165) is 0 Å². The standard InChI is InChI=1S/C10H16N2O3S/c11-8(5-16)12-9(13)6-1-3-7(4-2-6)10(14)15/h5-7,16H,1-4,11H2,(H,12,13)(H,14,15)/b8-5+. The van der Waals surface area contributed by atoms with Gasteiger partial charge in [-0.25, -0.2) is 0 Å². The lowest BCUT2D eigenvalue weighted by Gasteiger charge is -2.25. The number of carbonyl (C=O) groups excluding carboxylic acids is 1. The second-order valence-corrected chi connectivity index (χ2v) is 4.22. The fourth-order valence-corrected chi connectivity index (χ4v) is 1.94. The van der Waals surface area contributed by atoms with Crippen molar-refractivity contribution in [3.05, 3.63) is 11.2 Å². The molecule has 0 spiro atoms. The average molecular weight is 244 g/mol. The molecular weight excluding hydrogens is 228 g/mol. The third-order valence-electron chi connectivity index (χ3n) is 2.85. The first-order valence-electron chi connectivity index (χ1n) is 5.18. The van der Waals surface area contributed by atoms with Crippen molar-refractivity contribution in [1.82, 2.24) is 5.32 Å². The fraction of sp³-hybridized carbons (Fsp3) is 0.600. The van der Waals surface area contributed by atoms with E-state index in [9.17, 15) is 9.59 Å². The Balaban J connectivity index is 2.42. The highest BCUT2D eigenvalue weighted by Crippen LogP contribution is 2.29. The van der Waals surface area contributed by atoms with Crippen molar-refractivity contribution >= 4 is 24.5 Å². The lowest BCUT2D eigenvalue weighted by molar-refractivity contribution is -0.144. The molecule has 0 bridgehead atoms. The zero-order valence-corrected chi connectivity index (χ0v) is 9.74. The van der Waals surface area contributed by atoms with Crippen molar-refractivity contribution in [3.8, 4) is 0 Å². The average Bonchev–Trinajstić information content (AvgIpc) is 2.28. The molecule has 1 saturated carbocycles. The third kappa shape index (κ3) is 3.44. The summed E-state index contributed by atoms with van der Waals surface area (Å²) in [4.78, 5) is 22.3. The molecule has 0 unspecified atom stereocenters. The lowest BCUT2D eigenvalue weighted by Crippen LogP contribution is -2.35. The number of hydrogen-bond acceptors (Lipinski definition) is 4. The lowest BCUT2D eigenvalue weighted by atomic mass is 9.81. The fourth-order valence-electron chi connectivity index (χ4n) is 1.88. The number of nitrogens with one attached hydrogen (secondary N) is 1. The van der Waals surface area contributed by atoms with Gasteiger partial charge < -0.3 is 16.2 Å². The SMILES string of the molecule is N/C(=C\S)NC(=O)C1CCC(C(=O)O)CC1. The molecule has 1 aliphatic carbocycles. The molecule has 5 nitrogen and oxygen atoms in total. The molecule has 1 amide bonds. The minimum Gasteiger partial charge on any atom is -0.481 e. The molecule has 0 heterocycles. The van der Waals surface area contributed by atoms with Crippen molar-refractivity contribution in [2.75, 3.05) is 0 Å². The Bertz CT molecular complexity index is 309.